The number of imide groups is 1. The first-order chi connectivity index (χ1) is 14.9. The van der Waals surface area contributed by atoms with Crippen molar-refractivity contribution in [3.63, 3.8) is 0 Å². The highest BCUT2D eigenvalue weighted by atomic mass is 16.2. The van der Waals surface area contributed by atoms with Gasteiger partial charge in [-0.25, -0.2) is 0 Å². The van der Waals surface area contributed by atoms with Crippen molar-refractivity contribution in [3.8, 4) is 0 Å². The lowest BCUT2D eigenvalue weighted by Crippen LogP contribution is -2.29. The van der Waals surface area contributed by atoms with Gasteiger partial charge in [-0.3, -0.25) is 29.1 Å². The molecule has 154 valence electrons. The average molecular weight is 414 g/mol. The normalized spacial score (nSPS) is 12.5. The molecule has 0 atom stereocenters. The van der Waals surface area contributed by atoms with E-state index in [1.165, 1.54) is 25.1 Å². The minimum atomic E-state index is -0.439. The minimum absolute atomic E-state index is 0.136. The number of carbonyl (C=O) groups excluding carboxylic acids is 4. The highest BCUT2D eigenvalue weighted by Gasteiger charge is 2.36. The fraction of sp³-hybridized carbons (Fsp3) is 0.0870. The van der Waals surface area contributed by atoms with Gasteiger partial charge in [0.1, 0.15) is 0 Å². The number of anilines is 2. The molecular weight excluding hydrogens is 396 g/mol. The van der Waals surface area contributed by atoms with Crippen LogP contribution in [0.5, 0.6) is 0 Å². The Morgan fingerprint density at radius 2 is 1.45 bits per heavy atom. The molecule has 0 aliphatic carbocycles. The van der Waals surface area contributed by atoms with Crippen molar-refractivity contribution >= 4 is 35.0 Å². The van der Waals surface area contributed by atoms with E-state index in [2.05, 4.69) is 15.6 Å². The monoisotopic (exact) mass is 414 g/mol. The number of pyridine rings is 1. The summed E-state index contributed by atoms with van der Waals surface area (Å²) in [5, 5.41) is 5.39. The molecule has 0 saturated heterocycles. The second-order valence-corrected chi connectivity index (χ2v) is 7.02. The summed E-state index contributed by atoms with van der Waals surface area (Å²) in [6.07, 6.45) is 3.19. The summed E-state index contributed by atoms with van der Waals surface area (Å²) in [4.78, 5) is 54.3. The average Bonchev–Trinajstić information content (AvgIpc) is 3.00. The van der Waals surface area contributed by atoms with E-state index in [0.717, 1.165) is 10.5 Å². The third-order valence-electron chi connectivity index (χ3n) is 4.79. The van der Waals surface area contributed by atoms with Crippen LogP contribution in [-0.2, 0) is 11.3 Å². The van der Waals surface area contributed by atoms with E-state index in [9.17, 15) is 19.2 Å². The van der Waals surface area contributed by atoms with Crippen molar-refractivity contribution in [3.05, 3.63) is 89.2 Å². The van der Waals surface area contributed by atoms with Crippen molar-refractivity contribution in [2.45, 2.75) is 13.5 Å². The van der Waals surface area contributed by atoms with Gasteiger partial charge in [0.05, 0.1) is 17.7 Å². The van der Waals surface area contributed by atoms with E-state index in [1.54, 1.807) is 48.8 Å². The molecule has 8 nitrogen and oxygen atoms in total. The zero-order valence-electron chi connectivity index (χ0n) is 16.6. The summed E-state index contributed by atoms with van der Waals surface area (Å²) in [6, 6.07) is 14.6. The van der Waals surface area contributed by atoms with Gasteiger partial charge in [-0.15, -0.1) is 0 Å². The van der Waals surface area contributed by atoms with Crippen LogP contribution in [0.15, 0.2) is 67.0 Å². The molecule has 8 heteroatoms. The molecule has 4 amide bonds. The topological polar surface area (TPSA) is 108 Å². The van der Waals surface area contributed by atoms with Crippen molar-refractivity contribution in [2.75, 3.05) is 10.6 Å². The summed E-state index contributed by atoms with van der Waals surface area (Å²) in [5.74, 6) is -1.43. The molecule has 2 aromatic carbocycles. The lowest BCUT2D eigenvalue weighted by molar-refractivity contribution is -0.114. The molecule has 0 bridgehead atoms. The molecule has 0 radical (unpaired) electrons. The molecule has 2 heterocycles. The smallest absolute Gasteiger partial charge is 0.261 e. The molecule has 0 saturated carbocycles. The number of hydrogen-bond donors (Lipinski definition) is 2. The Morgan fingerprint density at radius 3 is 2.10 bits per heavy atom. The Morgan fingerprint density at radius 1 is 0.839 bits per heavy atom. The molecule has 1 aromatic heterocycles. The first kappa shape index (κ1) is 20.0. The van der Waals surface area contributed by atoms with Crippen molar-refractivity contribution in [1.29, 1.82) is 0 Å². The second kappa shape index (κ2) is 8.19. The molecular formula is C23H18N4O4. The SMILES string of the molecule is CC(=O)Nc1ccc(NC(=O)c2ccc3c(c2)C(=O)N(Cc2ccncc2)C3=O)cc1. The molecule has 1 aliphatic heterocycles. The predicted octanol–water partition coefficient (Wildman–Crippen LogP) is 3.09. The molecule has 2 N–H and O–H groups in total. The standard InChI is InChI=1S/C23H18N4O4/c1-14(28)25-17-3-5-18(6-4-17)26-21(29)16-2-7-19-20(12-16)23(31)27(22(19)30)13-15-8-10-24-11-9-15/h2-12H,13H2,1H3,(H,25,28)(H,26,29). The Bertz CT molecular complexity index is 1190. The maximum absolute atomic E-state index is 12.8. The van der Waals surface area contributed by atoms with Crippen molar-refractivity contribution in [2.24, 2.45) is 0 Å². The third kappa shape index (κ3) is 4.18. The maximum Gasteiger partial charge on any atom is 0.261 e. The minimum Gasteiger partial charge on any atom is -0.326 e. The number of benzene rings is 2. The Hall–Kier alpha value is -4.33. The lowest BCUT2D eigenvalue weighted by atomic mass is 10.1. The van der Waals surface area contributed by atoms with Crippen LogP contribution in [0.25, 0.3) is 0 Å². The van der Waals surface area contributed by atoms with E-state index in [1.807, 2.05) is 0 Å². The number of nitrogens with zero attached hydrogens (tertiary/aromatic N) is 2. The highest BCUT2D eigenvalue weighted by molar-refractivity contribution is 6.22. The second-order valence-electron chi connectivity index (χ2n) is 7.02. The number of rotatable bonds is 5. The van der Waals surface area contributed by atoms with Crippen molar-refractivity contribution in [1.82, 2.24) is 9.88 Å². The lowest BCUT2D eigenvalue weighted by Gasteiger charge is -2.13. The van der Waals surface area contributed by atoms with Gasteiger partial charge in [-0.05, 0) is 60.2 Å². The zero-order valence-corrected chi connectivity index (χ0v) is 16.6. The van der Waals surface area contributed by atoms with E-state index in [-0.39, 0.29) is 29.1 Å². The fourth-order valence-corrected chi connectivity index (χ4v) is 3.29. The van der Waals surface area contributed by atoms with Crippen LogP contribution in [0.2, 0.25) is 0 Å². The van der Waals surface area contributed by atoms with Crippen LogP contribution in [0.1, 0.15) is 43.6 Å². The number of aromatic nitrogens is 1. The van der Waals surface area contributed by atoms with Crippen LogP contribution in [0, 0.1) is 0 Å². The van der Waals surface area contributed by atoms with Crippen LogP contribution in [0.4, 0.5) is 11.4 Å². The zero-order chi connectivity index (χ0) is 22.0. The van der Waals surface area contributed by atoms with Gasteiger partial charge in [-0.1, -0.05) is 0 Å². The summed E-state index contributed by atoms with van der Waals surface area (Å²) in [6.45, 7) is 1.55. The third-order valence-corrected chi connectivity index (χ3v) is 4.79. The molecule has 31 heavy (non-hydrogen) atoms. The number of fused-ring (bicyclic) bond motifs is 1. The Labute approximate surface area is 177 Å². The largest absolute Gasteiger partial charge is 0.326 e. The van der Waals surface area contributed by atoms with Gasteiger partial charge < -0.3 is 10.6 Å². The van der Waals surface area contributed by atoms with Crippen molar-refractivity contribution < 1.29 is 19.2 Å². The highest BCUT2D eigenvalue weighted by Crippen LogP contribution is 2.26. The molecule has 0 fully saturated rings. The summed E-state index contributed by atoms with van der Waals surface area (Å²) in [7, 11) is 0. The Kier molecular flexibility index (Phi) is 5.28. The predicted molar refractivity (Wildman–Crippen MR) is 114 cm³/mol. The number of hydrogen-bond acceptors (Lipinski definition) is 5. The van der Waals surface area contributed by atoms with Crippen LogP contribution in [-0.4, -0.2) is 33.5 Å². The van der Waals surface area contributed by atoms with Gasteiger partial charge in [0.25, 0.3) is 17.7 Å². The number of nitrogens with one attached hydrogen (secondary N) is 2. The summed E-state index contributed by atoms with van der Waals surface area (Å²) >= 11 is 0. The van der Waals surface area contributed by atoms with Gasteiger partial charge in [-0.2, -0.15) is 0 Å². The van der Waals surface area contributed by atoms with Crippen LogP contribution in [0.3, 0.4) is 0 Å². The van der Waals surface area contributed by atoms with Gasteiger partial charge in [0, 0.05) is 36.3 Å². The van der Waals surface area contributed by atoms with Crippen LogP contribution < -0.4 is 10.6 Å². The summed E-state index contributed by atoms with van der Waals surface area (Å²) < 4.78 is 0. The first-order valence-corrected chi connectivity index (χ1v) is 9.50. The number of carbonyl (C=O) groups is 4. The fourth-order valence-electron chi connectivity index (χ4n) is 3.29. The van der Waals surface area contributed by atoms with E-state index in [4.69, 9.17) is 0 Å². The maximum atomic E-state index is 12.8. The van der Waals surface area contributed by atoms with Gasteiger partial charge in [0.2, 0.25) is 5.91 Å². The van der Waals surface area contributed by atoms with Crippen LogP contribution >= 0.6 is 0 Å². The van der Waals surface area contributed by atoms with Gasteiger partial charge in [0.15, 0.2) is 0 Å². The molecule has 3 aromatic rings. The molecule has 0 unspecified atom stereocenters. The first-order valence-electron chi connectivity index (χ1n) is 9.50. The van der Waals surface area contributed by atoms with E-state index >= 15 is 0 Å². The van der Waals surface area contributed by atoms with E-state index < -0.39 is 17.7 Å². The van der Waals surface area contributed by atoms with E-state index in [0.29, 0.717) is 11.4 Å². The Balaban J connectivity index is 1.50. The molecule has 0 spiro atoms. The quantitative estimate of drug-likeness (QED) is 0.624. The summed E-state index contributed by atoms with van der Waals surface area (Å²) in [5.41, 5.74) is 2.66. The van der Waals surface area contributed by atoms with Gasteiger partial charge >= 0.3 is 0 Å². The molecule has 4 rings (SSSR count). The number of amides is 4. The molecule has 1 aliphatic rings.